The van der Waals surface area contributed by atoms with Crippen LogP contribution in [0, 0.1) is 17.8 Å². The maximum atomic E-state index is 12.6. The average Bonchev–Trinajstić information content (AvgIpc) is 2.98. The first-order valence-corrected chi connectivity index (χ1v) is 16.0. The predicted octanol–water partition coefficient (Wildman–Crippen LogP) is 2.42. The zero-order valence-electron chi connectivity index (χ0n) is 28.8. The van der Waals surface area contributed by atoms with E-state index >= 15 is 0 Å². The molecule has 0 bridgehead atoms. The molecular weight excluding hydrogens is 608 g/mol. The topological polar surface area (TPSA) is 153 Å². The summed E-state index contributed by atoms with van der Waals surface area (Å²) in [6.45, 7) is 10.1. The fraction of sp³-hybridized carbons (Fsp3) is 0.906. The first kappa shape index (κ1) is 38.5. The molecule has 2 saturated heterocycles. The van der Waals surface area contributed by atoms with Gasteiger partial charge in [-0.2, -0.15) is 0 Å². The summed E-state index contributed by atoms with van der Waals surface area (Å²) in [5, 5.41) is 0. The van der Waals surface area contributed by atoms with Crippen LogP contribution >= 0.6 is 0 Å². The molecule has 3 aliphatic rings. The Bertz CT molecular complexity index is 976. The number of carbonyl (C=O) groups excluding carboxylic acids is 3. The van der Waals surface area contributed by atoms with Crippen molar-refractivity contribution in [2.75, 3.05) is 41.7 Å². The first-order chi connectivity index (χ1) is 21.8. The minimum Gasteiger partial charge on any atom is -0.463 e. The molecule has 0 aromatic carbocycles. The van der Waals surface area contributed by atoms with Crippen LogP contribution < -0.4 is 0 Å². The van der Waals surface area contributed by atoms with Crippen LogP contribution in [0.3, 0.4) is 0 Å². The van der Waals surface area contributed by atoms with Crippen molar-refractivity contribution in [3.05, 3.63) is 0 Å². The fourth-order valence-electron chi connectivity index (χ4n) is 6.81. The first-order valence-electron chi connectivity index (χ1n) is 16.0. The zero-order chi connectivity index (χ0) is 34.1. The number of hydrogen-bond acceptors (Lipinski definition) is 14. The van der Waals surface area contributed by atoms with Crippen molar-refractivity contribution in [1.82, 2.24) is 0 Å². The van der Waals surface area contributed by atoms with E-state index in [-0.39, 0.29) is 25.2 Å². The van der Waals surface area contributed by atoms with Crippen molar-refractivity contribution in [3.63, 3.8) is 0 Å². The van der Waals surface area contributed by atoms with E-state index in [1.165, 1.54) is 49.2 Å². The van der Waals surface area contributed by atoms with Gasteiger partial charge in [0.1, 0.15) is 43.2 Å². The summed E-state index contributed by atoms with van der Waals surface area (Å²) in [5.41, 5.74) is 0. The average molecular weight is 663 g/mol. The second-order valence-electron chi connectivity index (χ2n) is 12.7. The highest BCUT2D eigenvalue weighted by atomic mass is 16.8. The number of esters is 3. The Morgan fingerprint density at radius 1 is 0.674 bits per heavy atom. The number of carbonyl (C=O) groups is 3. The van der Waals surface area contributed by atoms with E-state index in [0.717, 1.165) is 19.3 Å². The molecule has 0 aromatic heterocycles. The van der Waals surface area contributed by atoms with Crippen LogP contribution in [0.2, 0.25) is 0 Å². The molecule has 1 aliphatic carbocycles. The number of ether oxygens (including phenoxy) is 11. The van der Waals surface area contributed by atoms with Gasteiger partial charge in [-0.3, -0.25) is 14.4 Å². The standard InChI is InChI=1S/C32H54O14/c1-16(2)21-12-11-17(3)13-22(21)43-32-30(42-20(6)35)28(41-19(5)34)26(24(45-32)15-40-18(4)33)46-31-29(39-10)27(38-9)25(37-8)23(44-31)14-36-7/h16-17,21-32H,11-15H2,1-10H3/t17?,21?,22?,23-,24-,25-,26-,27+,28+,29-,30-,31-,32-/m1/s1. The molecule has 3 rings (SSSR count). The third-order valence-corrected chi connectivity index (χ3v) is 8.95. The molecule has 3 unspecified atom stereocenters. The van der Waals surface area contributed by atoms with E-state index in [9.17, 15) is 14.4 Å². The van der Waals surface area contributed by atoms with Gasteiger partial charge in [0.05, 0.1) is 12.7 Å². The molecular formula is C32H54O14. The van der Waals surface area contributed by atoms with Gasteiger partial charge in [0.2, 0.25) is 0 Å². The fourth-order valence-corrected chi connectivity index (χ4v) is 6.81. The van der Waals surface area contributed by atoms with Crippen LogP contribution in [0.1, 0.15) is 60.8 Å². The van der Waals surface area contributed by atoms with Gasteiger partial charge < -0.3 is 52.1 Å². The Morgan fingerprint density at radius 2 is 1.24 bits per heavy atom. The van der Waals surface area contributed by atoms with Gasteiger partial charge in [-0.1, -0.05) is 27.2 Å². The van der Waals surface area contributed by atoms with Crippen LogP contribution in [0.4, 0.5) is 0 Å². The summed E-state index contributed by atoms with van der Waals surface area (Å²) >= 11 is 0. The highest BCUT2D eigenvalue weighted by Crippen LogP contribution is 2.39. The van der Waals surface area contributed by atoms with Crippen molar-refractivity contribution in [2.24, 2.45) is 17.8 Å². The highest BCUT2D eigenvalue weighted by Gasteiger charge is 2.56. The lowest BCUT2D eigenvalue weighted by Gasteiger charge is -2.50. The molecule has 3 fully saturated rings. The van der Waals surface area contributed by atoms with Crippen LogP contribution in [0.5, 0.6) is 0 Å². The van der Waals surface area contributed by atoms with Crippen molar-refractivity contribution in [1.29, 1.82) is 0 Å². The Balaban J connectivity index is 2.05. The summed E-state index contributed by atoms with van der Waals surface area (Å²) in [6.07, 6.45) is -7.09. The summed E-state index contributed by atoms with van der Waals surface area (Å²) in [5.74, 6) is -0.898. The van der Waals surface area contributed by atoms with Gasteiger partial charge in [-0.05, 0) is 30.6 Å². The van der Waals surface area contributed by atoms with Crippen LogP contribution in [0.15, 0.2) is 0 Å². The van der Waals surface area contributed by atoms with Crippen LogP contribution in [0.25, 0.3) is 0 Å². The Labute approximate surface area is 272 Å². The van der Waals surface area contributed by atoms with Crippen molar-refractivity contribution < 1.29 is 66.5 Å². The molecule has 0 aromatic rings. The van der Waals surface area contributed by atoms with Gasteiger partial charge in [0.15, 0.2) is 24.8 Å². The number of rotatable bonds is 14. The van der Waals surface area contributed by atoms with Crippen LogP contribution in [-0.2, 0) is 66.5 Å². The maximum absolute atomic E-state index is 12.6. The maximum Gasteiger partial charge on any atom is 0.303 e. The van der Waals surface area contributed by atoms with Gasteiger partial charge in [0.25, 0.3) is 0 Å². The van der Waals surface area contributed by atoms with Crippen molar-refractivity contribution in [3.8, 4) is 0 Å². The largest absolute Gasteiger partial charge is 0.463 e. The summed E-state index contributed by atoms with van der Waals surface area (Å²) < 4.78 is 65.5. The lowest BCUT2D eigenvalue weighted by molar-refractivity contribution is -0.369. The van der Waals surface area contributed by atoms with E-state index in [4.69, 9.17) is 52.1 Å². The molecule has 2 heterocycles. The molecule has 13 atom stereocenters. The van der Waals surface area contributed by atoms with Crippen molar-refractivity contribution in [2.45, 2.75) is 128 Å². The molecule has 0 N–H and O–H groups in total. The molecule has 14 nitrogen and oxygen atoms in total. The highest BCUT2D eigenvalue weighted by molar-refractivity contribution is 5.67. The summed E-state index contributed by atoms with van der Waals surface area (Å²) in [4.78, 5) is 37.0. The van der Waals surface area contributed by atoms with Gasteiger partial charge in [-0.15, -0.1) is 0 Å². The van der Waals surface area contributed by atoms with Gasteiger partial charge >= 0.3 is 17.9 Å². The van der Waals surface area contributed by atoms with Crippen molar-refractivity contribution >= 4 is 17.9 Å². The summed E-state index contributed by atoms with van der Waals surface area (Å²) in [6, 6.07) is 0. The monoisotopic (exact) mass is 662 g/mol. The molecule has 0 spiro atoms. The quantitative estimate of drug-likeness (QED) is 0.198. The Kier molecular flexibility index (Phi) is 15.1. The van der Waals surface area contributed by atoms with E-state index in [1.807, 2.05) is 0 Å². The third kappa shape index (κ3) is 9.82. The lowest BCUT2D eigenvalue weighted by Crippen LogP contribution is -2.67. The predicted molar refractivity (Wildman–Crippen MR) is 160 cm³/mol. The van der Waals surface area contributed by atoms with E-state index < -0.39 is 79.3 Å². The molecule has 0 amide bonds. The SMILES string of the molecule is COC[C@H]1O[C@H](O[C@H]2[C@H](OC(C)=O)[C@@H](OC(C)=O)[C@H](OC3CC(C)CCC3C(C)C)O[C@@H]2COC(C)=O)[C@H](OC)[C@@H](OC)[C@@H]1OC. The molecule has 1 saturated carbocycles. The number of methoxy groups -OCH3 is 4. The molecule has 46 heavy (non-hydrogen) atoms. The van der Waals surface area contributed by atoms with Gasteiger partial charge in [0, 0.05) is 49.2 Å². The normalized spacial score (nSPS) is 38.3. The smallest absolute Gasteiger partial charge is 0.303 e. The minimum atomic E-state index is -1.25. The summed E-state index contributed by atoms with van der Waals surface area (Å²) in [7, 11) is 6.04. The molecule has 14 heteroatoms. The van der Waals surface area contributed by atoms with E-state index in [2.05, 4.69) is 20.8 Å². The molecule has 0 radical (unpaired) electrons. The lowest BCUT2D eigenvalue weighted by atomic mass is 9.75. The van der Waals surface area contributed by atoms with Crippen LogP contribution in [-0.4, -0.2) is 127 Å². The number of hydrogen-bond donors (Lipinski definition) is 0. The third-order valence-electron chi connectivity index (χ3n) is 8.95. The second-order valence-corrected chi connectivity index (χ2v) is 12.7. The second kappa shape index (κ2) is 18.0. The van der Waals surface area contributed by atoms with Gasteiger partial charge in [-0.25, -0.2) is 0 Å². The molecule has 2 aliphatic heterocycles. The van der Waals surface area contributed by atoms with E-state index in [1.54, 1.807) is 0 Å². The molecule has 266 valence electrons. The Hall–Kier alpha value is -1.91. The zero-order valence-corrected chi connectivity index (χ0v) is 28.8. The Morgan fingerprint density at radius 3 is 1.76 bits per heavy atom. The van der Waals surface area contributed by atoms with E-state index in [0.29, 0.717) is 11.8 Å². The minimum absolute atomic E-state index is 0.142.